The van der Waals surface area contributed by atoms with Crippen molar-refractivity contribution in [3.05, 3.63) is 59.2 Å². The number of amides is 3. The molecule has 0 spiro atoms. The first-order valence-corrected chi connectivity index (χ1v) is 12.3. The molecule has 0 aliphatic carbocycles. The van der Waals surface area contributed by atoms with E-state index in [1.165, 1.54) is 11.3 Å². The predicted octanol–water partition coefficient (Wildman–Crippen LogP) is 4.54. The molecule has 2 aromatic rings. The number of aryl methyl sites for hydroxylation is 1. The van der Waals surface area contributed by atoms with Crippen LogP contribution in [-0.2, 0) is 6.42 Å². The molecular weight excluding hydrogens is 412 g/mol. The van der Waals surface area contributed by atoms with Gasteiger partial charge in [-0.05, 0) is 73.9 Å². The van der Waals surface area contributed by atoms with Crippen LogP contribution in [0, 0.1) is 12.8 Å². The SMILES string of the molecule is Cc1cc(C(=O)N2CCC(C)CC2)ccc1NC(=O)N1CCCN2c3ccccc3CC2C1. The Labute approximate surface area is 196 Å². The van der Waals surface area contributed by atoms with E-state index >= 15 is 0 Å². The number of hydrogen-bond acceptors (Lipinski definition) is 3. The van der Waals surface area contributed by atoms with Crippen molar-refractivity contribution in [2.24, 2.45) is 5.92 Å². The first-order chi connectivity index (χ1) is 16.0. The fraction of sp³-hybridized carbons (Fsp3) is 0.481. The number of hydrogen-bond donors (Lipinski definition) is 1. The van der Waals surface area contributed by atoms with Crippen molar-refractivity contribution in [2.45, 2.75) is 45.6 Å². The lowest BCUT2D eigenvalue weighted by Gasteiger charge is -2.30. The molecule has 1 N–H and O–H groups in total. The lowest BCUT2D eigenvalue weighted by Crippen LogP contribution is -2.43. The first-order valence-electron chi connectivity index (χ1n) is 12.3. The normalized spacial score (nSPS) is 20.8. The Bertz CT molecular complexity index is 1040. The Morgan fingerprint density at radius 1 is 0.970 bits per heavy atom. The number of likely N-dealkylation sites (tertiary alicyclic amines) is 1. The molecule has 2 fully saturated rings. The van der Waals surface area contributed by atoms with Gasteiger partial charge in [0.15, 0.2) is 0 Å². The average molecular weight is 447 g/mol. The minimum atomic E-state index is -0.0556. The highest BCUT2D eigenvalue weighted by Gasteiger charge is 2.33. The zero-order valence-electron chi connectivity index (χ0n) is 19.7. The minimum absolute atomic E-state index is 0.0556. The number of piperidine rings is 1. The number of carbonyl (C=O) groups excluding carboxylic acids is 2. The molecule has 0 saturated carbocycles. The fourth-order valence-electron chi connectivity index (χ4n) is 5.48. The van der Waals surface area contributed by atoms with E-state index in [4.69, 9.17) is 0 Å². The summed E-state index contributed by atoms with van der Waals surface area (Å²) in [5, 5.41) is 3.10. The van der Waals surface area contributed by atoms with E-state index in [0.717, 1.165) is 69.7 Å². The molecule has 2 aromatic carbocycles. The maximum Gasteiger partial charge on any atom is 0.321 e. The van der Waals surface area contributed by atoms with Gasteiger partial charge in [0.2, 0.25) is 0 Å². The summed E-state index contributed by atoms with van der Waals surface area (Å²) in [6.07, 6.45) is 4.08. The van der Waals surface area contributed by atoms with Crippen LogP contribution >= 0.6 is 0 Å². The van der Waals surface area contributed by atoms with Gasteiger partial charge in [0, 0.05) is 49.7 Å². The van der Waals surface area contributed by atoms with E-state index in [2.05, 4.69) is 41.4 Å². The Balaban J connectivity index is 1.23. The lowest BCUT2D eigenvalue weighted by molar-refractivity contribution is 0.0697. The maximum absolute atomic E-state index is 13.2. The molecule has 5 rings (SSSR count). The summed E-state index contributed by atoms with van der Waals surface area (Å²) in [4.78, 5) is 32.4. The van der Waals surface area contributed by atoms with Crippen molar-refractivity contribution in [3.63, 3.8) is 0 Å². The zero-order chi connectivity index (χ0) is 22.9. The van der Waals surface area contributed by atoms with Crippen LogP contribution < -0.4 is 10.2 Å². The highest BCUT2D eigenvalue weighted by molar-refractivity contribution is 5.96. The quantitative estimate of drug-likeness (QED) is 0.737. The highest BCUT2D eigenvalue weighted by Crippen LogP contribution is 2.33. The summed E-state index contributed by atoms with van der Waals surface area (Å²) in [7, 11) is 0. The van der Waals surface area contributed by atoms with Crippen LogP contribution in [0.3, 0.4) is 0 Å². The number of urea groups is 1. The van der Waals surface area contributed by atoms with E-state index in [1.54, 1.807) is 0 Å². The average Bonchev–Trinajstić information content (AvgIpc) is 3.02. The molecule has 1 atom stereocenters. The van der Waals surface area contributed by atoms with Crippen molar-refractivity contribution < 1.29 is 9.59 Å². The maximum atomic E-state index is 13.2. The third-order valence-electron chi connectivity index (χ3n) is 7.53. The number of anilines is 2. The number of para-hydroxylation sites is 1. The third-order valence-corrected chi connectivity index (χ3v) is 7.53. The van der Waals surface area contributed by atoms with Crippen molar-refractivity contribution in [3.8, 4) is 0 Å². The van der Waals surface area contributed by atoms with Gasteiger partial charge < -0.3 is 20.0 Å². The van der Waals surface area contributed by atoms with Gasteiger partial charge >= 0.3 is 6.03 Å². The van der Waals surface area contributed by atoms with Gasteiger partial charge in [-0.3, -0.25) is 4.79 Å². The molecule has 3 aliphatic rings. The van der Waals surface area contributed by atoms with Crippen LogP contribution in [0.4, 0.5) is 16.2 Å². The number of rotatable bonds is 2. The molecule has 0 bridgehead atoms. The minimum Gasteiger partial charge on any atom is -0.366 e. The van der Waals surface area contributed by atoms with E-state index in [0.29, 0.717) is 17.5 Å². The molecular formula is C27H34N4O2. The molecule has 0 aromatic heterocycles. The zero-order valence-corrected chi connectivity index (χ0v) is 19.7. The van der Waals surface area contributed by atoms with E-state index in [9.17, 15) is 9.59 Å². The second-order valence-corrected chi connectivity index (χ2v) is 9.91. The summed E-state index contributed by atoms with van der Waals surface area (Å²) < 4.78 is 0. The number of carbonyl (C=O) groups is 2. The van der Waals surface area contributed by atoms with Gasteiger partial charge in [0.05, 0.1) is 6.04 Å². The molecule has 6 nitrogen and oxygen atoms in total. The molecule has 174 valence electrons. The summed E-state index contributed by atoms with van der Waals surface area (Å²) >= 11 is 0. The third kappa shape index (κ3) is 4.43. The van der Waals surface area contributed by atoms with Gasteiger partial charge in [0.25, 0.3) is 5.91 Å². The monoisotopic (exact) mass is 446 g/mol. The Kier molecular flexibility index (Phi) is 6.00. The van der Waals surface area contributed by atoms with Crippen LogP contribution in [0.25, 0.3) is 0 Å². The van der Waals surface area contributed by atoms with Crippen LogP contribution in [0.15, 0.2) is 42.5 Å². The lowest BCUT2D eigenvalue weighted by atomic mass is 9.98. The summed E-state index contributed by atoms with van der Waals surface area (Å²) in [5.74, 6) is 0.786. The number of nitrogens with zero attached hydrogens (tertiary/aromatic N) is 3. The number of benzene rings is 2. The van der Waals surface area contributed by atoms with Gasteiger partial charge in [-0.2, -0.15) is 0 Å². The topological polar surface area (TPSA) is 55.9 Å². The molecule has 2 saturated heterocycles. The van der Waals surface area contributed by atoms with Crippen molar-refractivity contribution >= 4 is 23.3 Å². The van der Waals surface area contributed by atoms with Gasteiger partial charge in [-0.15, -0.1) is 0 Å². The number of nitrogens with one attached hydrogen (secondary N) is 1. The molecule has 6 heteroatoms. The Morgan fingerprint density at radius 2 is 1.76 bits per heavy atom. The van der Waals surface area contributed by atoms with Gasteiger partial charge in [-0.25, -0.2) is 4.79 Å². The van der Waals surface area contributed by atoms with Crippen LogP contribution in [0.2, 0.25) is 0 Å². The molecule has 3 heterocycles. The highest BCUT2D eigenvalue weighted by atomic mass is 16.2. The van der Waals surface area contributed by atoms with Crippen LogP contribution in [0.5, 0.6) is 0 Å². The van der Waals surface area contributed by atoms with E-state index in [1.807, 2.05) is 34.9 Å². The molecule has 3 amide bonds. The molecule has 0 radical (unpaired) electrons. The fourth-order valence-corrected chi connectivity index (χ4v) is 5.48. The van der Waals surface area contributed by atoms with Gasteiger partial charge in [-0.1, -0.05) is 25.1 Å². The van der Waals surface area contributed by atoms with Crippen LogP contribution in [0.1, 0.15) is 47.7 Å². The van der Waals surface area contributed by atoms with Crippen molar-refractivity contribution in [1.82, 2.24) is 9.80 Å². The summed E-state index contributed by atoms with van der Waals surface area (Å²) in [6, 6.07) is 14.5. The van der Waals surface area contributed by atoms with Crippen molar-refractivity contribution in [1.29, 1.82) is 0 Å². The number of fused-ring (bicyclic) bond motifs is 3. The molecule has 3 aliphatic heterocycles. The first kappa shape index (κ1) is 21.8. The van der Waals surface area contributed by atoms with E-state index < -0.39 is 0 Å². The smallest absolute Gasteiger partial charge is 0.321 e. The van der Waals surface area contributed by atoms with E-state index in [-0.39, 0.29) is 11.9 Å². The van der Waals surface area contributed by atoms with Gasteiger partial charge in [0.1, 0.15) is 0 Å². The Hall–Kier alpha value is -3.02. The Morgan fingerprint density at radius 3 is 2.55 bits per heavy atom. The second kappa shape index (κ2) is 9.08. The second-order valence-electron chi connectivity index (χ2n) is 9.91. The predicted molar refractivity (Wildman–Crippen MR) is 132 cm³/mol. The largest absolute Gasteiger partial charge is 0.366 e. The molecule has 1 unspecified atom stereocenters. The molecule has 33 heavy (non-hydrogen) atoms. The van der Waals surface area contributed by atoms with Crippen LogP contribution in [-0.4, -0.2) is 60.5 Å². The summed E-state index contributed by atoms with van der Waals surface area (Å²) in [6.45, 7) is 8.33. The van der Waals surface area contributed by atoms with Crippen molar-refractivity contribution in [2.75, 3.05) is 42.9 Å². The summed E-state index contributed by atoms with van der Waals surface area (Å²) in [5.41, 5.74) is 5.10. The standard InChI is InChI=1S/C27H34N4O2/c1-19-10-14-29(15-11-19)26(32)22-8-9-24(20(2)16-22)28-27(33)30-12-5-13-31-23(18-30)17-21-6-3-4-7-25(21)31/h3-4,6-9,16,19,23H,5,10-15,17-18H2,1-2H3,(H,28,33).